The van der Waals surface area contributed by atoms with Crippen LogP contribution in [0.3, 0.4) is 0 Å². The Hall–Kier alpha value is -2.61. The summed E-state index contributed by atoms with van der Waals surface area (Å²) in [4.78, 5) is 37.0. The van der Waals surface area contributed by atoms with Crippen LogP contribution in [0.15, 0.2) is 32.7 Å². The molecule has 0 saturated heterocycles. The van der Waals surface area contributed by atoms with E-state index in [4.69, 9.17) is 0 Å². The van der Waals surface area contributed by atoms with E-state index in [9.17, 15) is 19.5 Å². The van der Waals surface area contributed by atoms with Gasteiger partial charge in [0, 0.05) is 20.6 Å². The van der Waals surface area contributed by atoms with Crippen LogP contribution in [0.5, 0.6) is 0 Å². The van der Waals surface area contributed by atoms with Gasteiger partial charge in [0.15, 0.2) is 0 Å². The summed E-state index contributed by atoms with van der Waals surface area (Å²) < 4.78 is 0. The maximum Gasteiger partial charge on any atom is 0.254 e. The predicted molar refractivity (Wildman–Crippen MR) is 92.5 cm³/mol. The summed E-state index contributed by atoms with van der Waals surface area (Å²) in [6.45, 7) is 4.24. The molecule has 130 valence electrons. The maximum atomic E-state index is 12.3. The lowest BCUT2D eigenvalue weighted by atomic mass is 9.89. The first-order valence-corrected chi connectivity index (χ1v) is 7.74. The molecule has 0 aliphatic heterocycles. The van der Waals surface area contributed by atoms with E-state index in [2.05, 4.69) is 16.2 Å². The summed E-state index contributed by atoms with van der Waals surface area (Å²) in [6.07, 6.45) is 2.24. The Morgan fingerprint density at radius 2 is 1.92 bits per heavy atom. The minimum Gasteiger partial charge on any atom is -0.505 e. The number of anilines is 2. The van der Waals surface area contributed by atoms with Gasteiger partial charge >= 0.3 is 0 Å². The molecule has 1 unspecified atom stereocenters. The fourth-order valence-electron chi connectivity index (χ4n) is 2.49. The molecule has 0 fully saturated rings. The highest BCUT2D eigenvalue weighted by molar-refractivity contribution is 5.95. The van der Waals surface area contributed by atoms with E-state index in [1.807, 2.05) is 13.8 Å². The number of carbonyl (C=O) groups excluding carboxylic acids is 1. The van der Waals surface area contributed by atoms with Crippen LogP contribution in [0.25, 0.3) is 0 Å². The van der Waals surface area contributed by atoms with Crippen molar-refractivity contribution in [1.29, 1.82) is 0 Å². The van der Waals surface area contributed by atoms with Gasteiger partial charge in [-0.3, -0.25) is 14.4 Å². The Balaban J connectivity index is 2.31. The third-order valence-corrected chi connectivity index (χ3v) is 3.88. The Bertz CT molecular complexity index is 784. The van der Waals surface area contributed by atoms with E-state index in [0.29, 0.717) is 13.0 Å². The Labute approximate surface area is 139 Å². The van der Waals surface area contributed by atoms with Gasteiger partial charge in [-0.25, -0.2) is 5.43 Å². The molecule has 0 radical (unpaired) electrons. The number of hydrazine groups is 1. The van der Waals surface area contributed by atoms with Crippen LogP contribution in [0, 0.1) is 5.92 Å². The third kappa shape index (κ3) is 3.05. The number of hydrogen-bond acceptors (Lipinski definition) is 7. The Morgan fingerprint density at radius 1 is 1.29 bits per heavy atom. The number of carbonyl (C=O) groups is 1. The molecule has 0 aromatic heterocycles. The Morgan fingerprint density at radius 3 is 2.50 bits per heavy atom. The molecule has 0 saturated carbocycles. The number of aliphatic hydroxyl groups is 1. The van der Waals surface area contributed by atoms with Crippen LogP contribution in [0.2, 0.25) is 0 Å². The highest BCUT2D eigenvalue weighted by Gasteiger charge is 2.30. The quantitative estimate of drug-likeness (QED) is 0.442. The minimum absolute atomic E-state index is 0.0740. The van der Waals surface area contributed by atoms with Crippen molar-refractivity contribution in [2.75, 3.05) is 31.4 Å². The van der Waals surface area contributed by atoms with E-state index < -0.39 is 10.9 Å². The van der Waals surface area contributed by atoms with Crippen molar-refractivity contribution in [3.8, 4) is 0 Å². The fraction of sp³-hybridized carbons (Fsp3) is 0.438. The van der Waals surface area contributed by atoms with Gasteiger partial charge in [-0.1, -0.05) is 19.9 Å². The van der Waals surface area contributed by atoms with Crippen molar-refractivity contribution in [3.05, 3.63) is 43.6 Å². The topological polar surface area (TPSA) is 111 Å². The molecule has 4 N–H and O–H groups in total. The zero-order chi connectivity index (χ0) is 18.0. The Kier molecular flexibility index (Phi) is 5.08. The van der Waals surface area contributed by atoms with Crippen LogP contribution in [0.1, 0.15) is 20.3 Å². The summed E-state index contributed by atoms with van der Waals surface area (Å²) >= 11 is 0. The van der Waals surface area contributed by atoms with E-state index in [-0.39, 0.29) is 40.2 Å². The van der Waals surface area contributed by atoms with Gasteiger partial charge in [0.05, 0.1) is 11.3 Å². The first-order valence-electron chi connectivity index (χ1n) is 7.74. The lowest BCUT2D eigenvalue weighted by Crippen LogP contribution is -2.40. The molecule has 1 atom stereocenters. The second-order valence-electron chi connectivity index (χ2n) is 5.90. The van der Waals surface area contributed by atoms with E-state index in [0.717, 1.165) is 0 Å². The summed E-state index contributed by atoms with van der Waals surface area (Å²) in [5, 5.41) is 13.2. The van der Waals surface area contributed by atoms with Gasteiger partial charge in [-0.15, -0.1) is 0 Å². The van der Waals surface area contributed by atoms with Gasteiger partial charge in [-0.05, 0) is 12.3 Å². The monoisotopic (exact) mass is 334 g/mol. The average molecular weight is 334 g/mol. The third-order valence-electron chi connectivity index (χ3n) is 3.88. The van der Waals surface area contributed by atoms with Crippen LogP contribution in [-0.2, 0) is 4.79 Å². The summed E-state index contributed by atoms with van der Waals surface area (Å²) in [7, 11) is 3.21. The average Bonchev–Trinajstić information content (AvgIpc) is 2.55. The number of likely N-dealkylation sites (N-methyl/N-ethyl adjacent to an activating group) is 1. The highest BCUT2D eigenvalue weighted by Crippen LogP contribution is 2.30. The molecule has 8 nitrogen and oxygen atoms in total. The zero-order valence-corrected chi connectivity index (χ0v) is 14.2. The number of aliphatic hydroxyl groups excluding tert-OH is 1. The largest absolute Gasteiger partial charge is 0.505 e. The van der Waals surface area contributed by atoms with E-state index in [1.54, 1.807) is 20.2 Å². The standard InChI is InChI=1S/C16H22N4O4/c1-5-17-19-12-11(14(22)15(12)23)18-9-7-6-8(2)10(13(9)21)16(24)20(3)4/h7-8,17-19,21H,5-6H2,1-4H3. The molecule has 1 aromatic carbocycles. The number of allylic oxidation sites excluding steroid dienone is 1. The summed E-state index contributed by atoms with van der Waals surface area (Å²) in [5.74, 6) is -0.629. The minimum atomic E-state index is -0.664. The first kappa shape index (κ1) is 17.7. The molecule has 1 aromatic rings. The molecule has 0 heterocycles. The number of amides is 1. The van der Waals surface area contributed by atoms with E-state index >= 15 is 0 Å². The molecule has 0 spiro atoms. The molecule has 24 heavy (non-hydrogen) atoms. The zero-order valence-electron chi connectivity index (χ0n) is 14.2. The van der Waals surface area contributed by atoms with Gasteiger partial charge in [0.1, 0.15) is 17.1 Å². The number of rotatable bonds is 6. The van der Waals surface area contributed by atoms with Crippen molar-refractivity contribution in [3.63, 3.8) is 0 Å². The molecular formula is C16H22N4O4. The molecule has 1 aliphatic carbocycles. The van der Waals surface area contributed by atoms with Crippen LogP contribution in [0.4, 0.5) is 11.4 Å². The predicted octanol–water partition coefficient (Wildman–Crippen LogP) is 0.455. The lowest BCUT2D eigenvalue weighted by molar-refractivity contribution is -0.125. The second-order valence-corrected chi connectivity index (χ2v) is 5.90. The van der Waals surface area contributed by atoms with Crippen molar-refractivity contribution in [2.24, 2.45) is 5.92 Å². The van der Waals surface area contributed by atoms with Crippen molar-refractivity contribution in [2.45, 2.75) is 20.3 Å². The maximum absolute atomic E-state index is 12.3. The van der Waals surface area contributed by atoms with Crippen molar-refractivity contribution < 1.29 is 9.90 Å². The van der Waals surface area contributed by atoms with Gasteiger partial charge in [-0.2, -0.15) is 0 Å². The second kappa shape index (κ2) is 6.88. The highest BCUT2D eigenvalue weighted by atomic mass is 16.3. The normalized spacial score (nSPS) is 17.7. The smallest absolute Gasteiger partial charge is 0.254 e. The molecule has 1 amide bonds. The molecule has 0 bridgehead atoms. The molecule has 2 rings (SSSR count). The molecule has 8 heteroatoms. The van der Waals surface area contributed by atoms with Gasteiger partial charge < -0.3 is 20.7 Å². The molecular weight excluding hydrogens is 312 g/mol. The van der Waals surface area contributed by atoms with Crippen LogP contribution in [-0.4, -0.2) is 36.6 Å². The van der Waals surface area contributed by atoms with Crippen molar-refractivity contribution in [1.82, 2.24) is 10.3 Å². The summed E-state index contributed by atoms with van der Waals surface area (Å²) in [5.41, 5.74) is 4.85. The number of nitrogens with zero attached hydrogens (tertiary/aromatic N) is 1. The van der Waals surface area contributed by atoms with Crippen LogP contribution >= 0.6 is 0 Å². The lowest BCUT2D eigenvalue weighted by Gasteiger charge is -2.26. The number of hydrogen-bond donors (Lipinski definition) is 4. The van der Waals surface area contributed by atoms with Gasteiger partial charge in [0.25, 0.3) is 16.8 Å². The van der Waals surface area contributed by atoms with Crippen LogP contribution < -0.4 is 27.0 Å². The van der Waals surface area contributed by atoms with E-state index in [1.165, 1.54) is 4.90 Å². The summed E-state index contributed by atoms with van der Waals surface area (Å²) in [6, 6.07) is 0. The fourth-order valence-corrected chi connectivity index (χ4v) is 2.49. The van der Waals surface area contributed by atoms with Crippen molar-refractivity contribution >= 4 is 17.3 Å². The first-order chi connectivity index (χ1) is 11.3. The number of nitrogens with one attached hydrogen (secondary N) is 3. The molecule has 1 aliphatic rings. The SMILES string of the molecule is CCNNc1c(NC2=CCC(C)C(C(=O)N(C)C)=C2O)c(=O)c1=O. The van der Waals surface area contributed by atoms with Gasteiger partial charge in [0.2, 0.25) is 0 Å².